The highest BCUT2D eigenvalue weighted by molar-refractivity contribution is 14.0. The lowest BCUT2D eigenvalue weighted by atomic mass is 10.1. The highest BCUT2D eigenvalue weighted by Gasteiger charge is 2.24. The molecule has 186 valence electrons. The molecule has 0 bridgehead atoms. The largest absolute Gasteiger partial charge is 0.491 e. The first-order valence-corrected chi connectivity index (χ1v) is 11.6. The minimum Gasteiger partial charge on any atom is -0.491 e. The summed E-state index contributed by atoms with van der Waals surface area (Å²) in [5, 5.41) is 13.5. The summed E-state index contributed by atoms with van der Waals surface area (Å²) in [5.74, 6) is 1.18. The molecule has 1 amide bonds. The molecule has 8 nitrogen and oxygen atoms in total. The van der Waals surface area contributed by atoms with Crippen molar-refractivity contribution in [3.8, 4) is 5.75 Å². The van der Waals surface area contributed by atoms with Crippen LogP contribution in [0.25, 0.3) is 0 Å². The maximum absolute atomic E-state index is 13.0. The van der Waals surface area contributed by atoms with Crippen molar-refractivity contribution < 1.29 is 19.0 Å². The number of aliphatic hydroxyl groups is 1. The van der Waals surface area contributed by atoms with Gasteiger partial charge in [-0.15, -0.1) is 24.0 Å². The van der Waals surface area contributed by atoms with Crippen LogP contribution >= 0.6 is 24.0 Å². The molecule has 1 aromatic rings. The molecule has 2 fully saturated rings. The summed E-state index contributed by atoms with van der Waals surface area (Å²) < 4.78 is 18.5. The maximum Gasteiger partial charge on any atom is 0.236 e. The van der Waals surface area contributed by atoms with Crippen LogP contribution in [0.4, 0.5) is 4.39 Å². The van der Waals surface area contributed by atoms with Gasteiger partial charge in [0.15, 0.2) is 5.96 Å². The van der Waals surface area contributed by atoms with Crippen molar-refractivity contribution in [3.63, 3.8) is 0 Å². The molecule has 33 heavy (non-hydrogen) atoms. The van der Waals surface area contributed by atoms with Gasteiger partial charge in [-0.25, -0.2) is 4.39 Å². The molecular weight excluding hydrogens is 540 g/mol. The highest BCUT2D eigenvalue weighted by atomic mass is 127. The molecular formula is C23H37FIN5O3. The van der Waals surface area contributed by atoms with E-state index in [1.54, 1.807) is 0 Å². The van der Waals surface area contributed by atoms with Crippen molar-refractivity contribution in [2.24, 2.45) is 4.99 Å². The summed E-state index contributed by atoms with van der Waals surface area (Å²) in [6.07, 6.45) is 2.69. The van der Waals surface area contributed by atoms with E-state index in [1.165, 1.54) is 30.7 Å². The number of likely N-dealkylation sites (tertiary alicyclic amines) is 1. The van der Waals surface area contributed by atoms with Crippen molar-refractivity contribution in [3.05, 3.63) is 30.1 Å². The molecule has 2 aliphatic rings. The third-order valence-corrected chi connectivity index (χ3v) is 5.78. The van der Waals surface area contributed by atoms with Gasteiger partial charge in [0.1, 0.15) is 24.3 Å². The van der Waals surface area contributed by atoms with Crippen LogP contribution in [0.3, 0.4) is 0 Å². The zero-order valence-corrected chi connectivity index (χ0v) is 21.7. The summed E-state index contributed by atoms with van der Waals surface area (Å²) in [5.41, 5.74) is 0. The van der Waals surface area contributed by atoms with E-state index >= 15 is 0 Å². The second-order valence-corrected chi connectivity index (χ2v) is 8.32. The lowest BCUT2D eigenvalue weighted by Crippen LogP contribution is -2.54. The number of hydrogen-bond acceptors (Lipinski definition) is 5. The zero-order valence-electron chi connectivity index (χ0n) is 19.4. The summed E-state index contributed by atoms with van der Waals surface area (Å²) in [6, 6.07) is 5.71. The first-order valence-electron chi connectivity index (χ1n) is 11.6. The lowest BCUT2D eigenvalue weighted by Gasteiger charge is -2.37. The van der Waals surface area contributed by atoms with E-state index in [0.29, 0.717) is 12.3 Å². The van der Waals surface area contributed by atoms with Crippen LogP contribution in [-0.4, -0.2) is 103 Å². The number of benzene rings is 1. The Morgan fingerprint density at radius 3 is 2.39 bits per heavy atom. The number of carbonyl (C=O) groups is 1. The fraction of sp³-hybridized carbons (Fsp3) is 0.652. The molecule has 1 unspecified atom stereocenters. The number of carbonyl (C=O) groups excluding carboxylic acids is 1. The standard InChI is InChI=1S/C23H36FN5O3.HI/c1-2-25-23(26-16-20(30)18-32-21-8-6-19(24)7-9-21)29-14-12-27(13-15-29)17-22(31)28-10-4-3-5-11-28;/h6-9,20,30H,2-5,10-18H2,1H3,(H,25,26);1H. The van der Waals surface area contributed by atoms with Crippen molar-refractivity contribution in [2.45, 2.75) is 32.3 Å². The molecule has 0 saturated carbocycles. The fourth-order valence-corrected chi connectivity index (χ4v) is 3.95. The van der Waals surface area contributed by atoms with Crippen molar-refractivity contribution in [2.75, 3.05) is 65.5 Å². The van der Waals surface area contributed by atoms with Crippen molar-refractivity contribution >= 4 is 35.8 Å². The van der Waals surface area contributed by atoms with Crippen LogP contribution in [0.5, 0.6) is 5.75 Å². The van der Waals surface area contributed by atoms with Gasteiger partial charge in [-0.3, -0.25) is 14.7 Å². The average Bonchev–Trinajstić information content (AvgIpc) is 2.82. The highest BCUT2D eigenvalue weighted by Crippen LogP contribution is 2.12. The van der Waals surface area contributed by atoms with Crippen LogP contribution < -0.4 is 10.1 Å². The Labute approximate surface area is 213 Å². The monoisotopic (exact) mass is 577 g/mol. The van der Waals surface area contributed by atoms with E-state index in [0.717, 1.165) is 64.6 Å². The predicted octanol–water partition coefficient (Wildman–Crippen LogP) is 1.78. The van der Waals surface area contributed by atoms with Gasteiger partial charge in [-0.1, -0.05) is 0 Å². The van der Waals surface area contributed by atoms with Crippen LogP contribution in [0.1, 0.15) is 26.2 Å². The molecule has 0 spiro atoms. The van der Waals surface area contributed by atoms with Gasteiger partial charge in [0.2, 0.25) is 5.91 Å². The smallest absolute Gasteiger partial charge is 0.236 e. The number of amides is 1. The Morgan fingerprint density at radius 1 is 1.09 bits per heavy atom. The SMILES string of the molecule is CCNC(=NCC(O)COc1ccc(F)cc1)N1CCN(CC(=O)N2CCCCC2)CC1.I. The number of piperazine rings is 1. The summed E-state index contributed by atoms with van der Waals surface area (Å²) >= 11 is 0. The Balaban J connectivity index is 0.00000385. The van der Waals surface area contributed by atoms with Crippen LogP contribution in [0, 0.1) is 5.82 Å². The minimum atomic E-state index is -0.767. The third-order valence-electron chi connectivity index (χ3n) is 5.78. The van der Waals surface area contributed by atoms with Gasteiger partial charge in [0.25, 0.3) is 0 Å². The van der Waals surface area contributed by atoms with Gasteiger partial charge in [0.05, 0.1) is 13.1 Å². The molecule has 2 aliphatic heterocycles. The number of rotatable bonds is 8. The van der Waals surface area contributed by atoms with E-state index in [1.807, 2.05) is 11.8 Å². The molecule has 0 aromatic heterocycles. The summed E-state index contributed by atoms with van der Waals surface area (Å²) in [7, 11) is 0. The number of aliphatic imine (C=N–C) groups is 1. The zero-order chi connectivity index (χ0) is 22.8. The molecule has 1 aromatic carbocycles. The second-order valence-electron chi connectivity index (χ2n) is 8.32. The Bertz CT molecular complexity index is 738. The Hall–Kier alpha value is -1.66. The summed E-state index contributed by atoms with van der Waals surface area (Å²) in [4.78, 5) is 23.5. The van der Waals surface area contributed by atoms with Gasteiger partial charge in [-0.05, 0) is 50.5 Å². The van der Waals surface area contributed by atoms with Crippen molar-refractivity contribution in [1.82, 2.24) is 20.0 Å². The number of halogens is 2. The molecule has 2 heterocycles. The van der Waals surface area contributed by atoms with Crippen LogP contribution in [0.2, 0.25) is 0 Å². The quantitative estimate of drug-likeness (QED) is 0.279. The van der Waals surface area contributed by atoms with E-state index in [9.17, 15) is 14.3 Å². The van der Waals surface area contributed by atoms with Gasteiger partial charge >= 0.3 is 0 Å². The van der Waals surface area contributed by atoms with Gasteiger partial charge in [0, 0.05) is 45.8 Å². The third kappa shape index (κ3) is 9.24. The fourth-order valence-electron chi connectivity index (χ4n) is 3.95. The molecule has 3 rings (SSSR count). The number of guanidine groups is 1. The second kappa shape index (κ2) is 14.6. The predicted molar refractivity (Wildman–Crippen MR) is 138 cm³/mol. The topological polar surface area (TPSA) is 80.6 Å². The first-order chi connectivity index (χ1) is 15.5. The van der Waals surface area contributed by atoms with Crippen LogP contribution in [0.15, 0.2) is 29.3 Å². The number of hydrogen-bond donors (Lipinski definition) is 2. The van der Waals surface area contributed by atoms with Crippen LogP contribution in [-0.2, 0) is 4.79 Å². The molecule has 10 heteroatoms. The molecule has 1 atom stereocenters. The number of piperidine rings is 1. The Morgan fingerprint density at radius 2 is 1.76 bits per heavy atom. The van der Waals surface area contributed by atoms with E-state index in [2.05, 4.69) is 20.1 Å². The van der Waals surface area contributed by atoms with E-state index in [-0.39, 0.29) is 48.9 Å². The normalized spacial score (nSPS) is 18.5. The number of nitrogens with one attached hydrogen (secondary N) is 1. The first kappa shape index (κ1) is 27.6. The number of aliphatic hydroxyl groups excluding tert-OH is 1. The average molecular weight is 577 g/mol. The van der Waals surface area contributed by atoms with E-state index < -0.39 is 6.10 Å². The lowest BCUT2D eigenvalue weighted by molar-refractivity contribution is -0.133. The molecule has 0 radical (unpaired) electrons. The van der Waals surface area contributed by atoms with Gasteiger partial charge < -0.3 is 25.0 Å². The Kier molecular flexibility index (Phi) is 12.2. The van der Waals surface area contributed by atoms with E-state index in [4.69, 9.17) is 4.74 Å². The molecule has 2 saturated heterocycles. The maximum atomic E-state index is 13.0. The minimum absolute atomic E-state index is 0. The summed E-state index contributed by atoms with van der Waals surface area (Å²) in [6.45, 7) is 8.47. The molecule has 2 N–H and O–H groups in total. The van der Waals surface area contributed by atoms with Gasteiger partial charge in [-0.2, -0.15) is 0 Å². The van der Waals surface area contributed by atoms with Crippen molar-refractivity contribution in [1.29, 1.82) is 0 Å². The number of nitrogens with zero attached hydrogens (tertiary/aromatic N) is 4. The molecule has 0 aliphatic carbocycles. The number of ether oxygens (including phenoxy) is 1.